The number of likely N-dealkylation sites (tertiary alicyclic amines) is 1. The van der Waals surface area contributed by atoms with Crippen LogP contribution in [-0.2, 0) is 0 Å². The summed E-state index contributed by atoms with van der Waals surface area (Å²) in [6.07, 6.45) is 3.25. The van der Waals surface area contributed by atoms with Crippen molar-refractivity contribution in [3.63, 3.8) is 0 Å². The highest BCUT2D eigenvalue weighted by Crippen LogP contribution is 2.53. The first-order valence-electron chi connectivity index (χ1n) is 11.5. The fraction of sp³-hybridized carbons (Fsp3) is 0.393. The quantitative estimate of drug-likeness (QED) is 0.458. The third kappa shape index (κ3) is 3.46. The summed E-state index contributed by atoms with van der Waals surface area (Å²) in [5.74, 6) is -0.227. The molecule has 2 aromatic carbocycles. The van der Waals surface area contributed by atoms with Gasteiger partial charge >= 0.3 is 0 Å². The number of amides is 1. The molecule has 3 aromatic rings. The fourth-order valence-corrected chi connectivity index (χ4v) is 6.44. The molecular weight excluding hydrogens is 399 g/mol. The van der Waals surface area contributed by atoms with E-state index in [0.717, 1.165) is 42.8 Å². The van der Waals surface area contributed by atoms with E-state index in [0.29, 0.717) is 11.3 Å². The number of hydrogen-bond acceptors (Lipinski definition) is 1. The molecule has 166 valence electrons. The Balaban J connectivity index is 1.62. The maximum Gasteiger partial charge on any atom is 0.255 e. The van der Waals surface area contributed by atoms with Crippen molar-refractivity contribution in [1.29, 1.82) is 0 Å². The topological polar surface area (TPSA) is 25.2 Å². The second kappa shape index (κ2) is 7.33. The average molecular weight is 431 g/mol. The van der Waals surface area contributed by atoms with Gasteiger partial charge in [-0.2, -0.15) is 0 Å². The van der Waals surface area contributed by atoms with Gasteiger partial charge in [-0.1, -0.05) is 63.2 Å². The molecule has 2 aliphatic rings. The number of carbonyl (C=O) groups excluding carboxylic acids is 1. The van der Waals surface area contributed by atoms with E-state index < -0.39 is 0 Å². The summed E-state index contributed by atoms with van der Waals surface area (Å²) >= 11 is 0. The Hall–Kier alpha value is -2.88. The lowest BCUT2D eigenvalue weighted by molar-refractivity contribution is 0.0707. The van der Waals surface area contributed by atoms with E-state index in [1.165, 1.54) is 6.07 Å². The smallest absolute Gasteiger partial charge is 0.255 e. The minimum Gasteiger partial charge on any atom is -0.335 e. The van der Waals surface area contributed by atoms with Gasteiger partial charge in [-0.15, -0.1) is 0 Å². The summed E-state index contributed by atoms with van der Waals surface area (Å²) in [7, 11) is 0. The van der Waals surface area contributed by atoms with Crippen LogP contribution in [0.1, 0.15) is 56.1 Å². The maximum atomic E-state index is 14.9. The molecule has 2 bridgehead atoms. The summed E-state index contributed by atoms with van der Waals surface area (Å²) in [5.41, 5.74) is 4.14. The molecule has 1 amide bonds. The van der Waals surface area contributed by atoms with Crippen molar-refractivity contribution in [2.75, 3.05) is 6.54 Å². The molecule has 4 heteroatoms. The van der Waals surface area contributed by atoms with Crippen LogP contribution in [0, 0.1) is 23.6 Å². The van der Waals surface area contributed by atoms with E-state index in [4.69, 9.17) is 0 Å². The van der Waals surface area contributed by atoms with Crippen molar-refractivity contribution >= 4 is 5.91 Å². The lowest BCUT2D eigenvalue weighted by Crippen LogP contribution is -2.37. The van der Waals surface area contributed by atoms with Gasteiger partial charge in [0.1, 0.15) is 5.82 Å². The largest absolute Gasteiger partial charge is 0.335 e. The summed E-state index contributed by atoms with van der Waals surface area (Å²) in [6, 6.07) is 18.9. The highest BCUT2D eigenvalue weighted by molar-refractivity contribution is 5.98. The van der Waals surface area contributed by atoms with E-state index >= 15 is 0 Å². The molecule has 0 spiro atoms. The Morgan fingerprint density at radius 2 is 1.69 bits per heavy atom. The van der Waals surface area contributed by atoms with E-state index in [9.17, 15) is 9.18 Å². The van der Waals surface area contributed by atoms with Gasteiger partial charge in [0.05, 0.1) is 16.9 Å². The van der Waals surface area contributed by atoms with Crippen LogP contribution in [-0.4, -0.2) is 28.0 Å². The summed E-state index contributed by atoms with van der Waals surface area (Å²) in [6.45, 7) is 9.68. The van der Waals surface area contributed by atoms with Gasteiger partial charge in [0, 0.05) is 18.3 Å². The zero-order valence-electron chi connectivity index (χ0n) is 19.4. The molecule has 5 rings (SSSR count). The van der Waals surface area contributed by atoms with Crippen molar-refractivity contribution in [2.45, 2.75) is 53.0 Å². The van der Waals surface area contributed by atoms with Crippen molar-refractivity contribution in [2.24, 2.45) is 10.8 Å². The van der Waals surface area contributed by atoms with Crippen LogP contribution in [0.15, 0.2) is 60.7 Å². The van der Waals surface area contributed by atoms with Crippen molar-refractivity contribution in [3.8, 4) is 16.9 Å². The number of hydrogen-bond donors (Lipinski definition) is 0. The normalized spacial score (nSPS) is 24.0. The number of aromatic nitrogens is 1. The Morgan fingerprint density at radius 1 is 1.00 bits per heavy atom. The molecule has 2 unspecified atom stereocenters. The van der Waals surface area contributed by atoms with Crippen LogP contribution in [0.2, 0.25) is 0 Å². The van der Waals surface area contributed by atoms with Crippen LogP contribution in [0.4, 0.5) is 4.39 Å². The second-order valence-corrected chi connectivity index (χ2v) is 10.8. The molecule has 3 nitrogen and oxygen atoms in total. The van der Waals surface area contributed by atoms with Gasteiger partial charge in [0.2, 0.25) is 0 Å². The zero-order chi connectivity index (χ0) is 22.7. The van der Waals surface area contributed by atoms with Crippen LogP contribution in [0.3, 0.4) is 0 Å². The number of nitrogens with zero attached hydrogens (tertiary/aromatic N) is 2. The van der Waals surface area contributed by atoms with Gasteiger partial charge < -0.3 is 9.47 Å². The van der Waals surface area contributed by atoms with Crippen LogP contribution < -0.4 is 0 Å². The van der Waals surface area contributed by atoms with E-state index in [1.807, 2.05) is 54.0 Å². The monoisotopic (exact) mass is 430 g/mol. The number of para-hydroxylation sites is 1. The first-order valence-corrected chi connectivity index (χ1v) is 11.5. The van der Waals surface area contributed by atoms with Gasteiger partial charge in [-0.3, -0.25) is 4.79 Å². The molecule has 1 saturated heterocycles. The number of halogens is 1. The maximum absolute atomic E-state index is 14.9. The van der Waals surface area contributed by atoms with E-state index in [1.54, 1.807) is 12.1 Å². The summed E-state index contributed by atoms with van der Waals surface area (Å²) in [5, 5.41) is 0. The summed E-state index contributed by atoms with van der Waals surface area (Å²) < 4.78 is 16.8. The molecule has 2 atom stereocenters. The van der Waals surface area contributed by atoms with Gasteiger partial charge in [0.25, 0.3) is 5.91 Å². The molecule has 1 aliphatic heterocycles. The first-order chi connectivity index (χ1) is 15.2. The Labute approximate surface area is 189 Å². The number of fused-ring (bicyclic) bond motifs is 2. The van der Waals surface area contributed by atoms with Gasteiger partial charge in [0.15, 0.2) is 0 Å². The van der Waals surface area contributed by atoms with Crippen LogP contribution in [0.25, 0.3) is 16.9 Å². The minimum atomic E-state index is -0.298. The van der Waals surface area contributed by atoms with E-state index in [2.05, 4.69) is 25.7 Å². The molecule has 0 N–H and O–H groups in total. The Kier molecular flexibility index (Phi) is 4.81. The Bertz CT molecular complexity index is 1180. The molecule has 2 fully saturated rings. The van der Waals surface area contributed by atoms with E-state index in [-0.39, 0.29) is 28.6 Å². The highest BCUT2D eigenvalue weighted by atomic mass is 19.1. The number of rotatable bonds is 3. The third-order valence-corrected chi connectivity index (χ3v) is 7.32. The van der Waals surface area contributed by atoms with Gasteiger partial charge in [-0.25, -0.2) is 4.39 Å². The predicted octanol–water partition coefficient (Wildman–Crippen LogP) is 6.63. The molecule has 2 heterocycles. The SMILES string of the molecule is Cc1c(C(=O)N2CC3(C)CC2CC(C)(C)C3)cc(-c2ccccc2)n1-c1ccccc1F. The molecule has 32 heavy (non-hydrogen) atoms. The van der Waals surface area contributed by atoms with Crippen LogP contribution in [0.5, 0.6) is 0 Å². The lowest BCUT2D eigenvalue weighted by atomic mass is 9.65. The molecule has 0 radical (unpaired) electrons. The van der Waals surface area contributed by atoms with Crippen molar-refractivity contribution < 1.29 is 9.18 Å². The zero-order valence-corrected chi connectivity index (χ0v) is 19.4. The van der Waals surface area contributed by atoms with Crippen molar-refractivity contribution in [1.82, 2.24) is 9.47 Å². The first kappa shape index (κ1) is 21.0. The minimum absolute atomic E-state index is 0.0706. The standard InChI is InChI=1S/C28H31FN2O/c1-19-22(26(32)30-18-28(4)16-21(30)15-27(2,3)17-28)14-25(20-10-6-5-7-11-20)31(19)24-13-9-8-12-23(24)29/h5-14,21H,15-18H2,1-4H3. The Morgan fingerprint density at radius 3 is 2.41 bits per heavy atom. The molecular formula is C28H31FN2O. The molecule has 1 aliphatic carbocycles. The van der Waals surface area contributed by atoms with Crippen molar-refractivity contribution in [3.05, 3.63) is 77.7 Å². The predicted molar refractivity (Wildman–Crippen MR) is 126 cm³/mol. The van der Waals surface area contributed by atoms with Crippen LogP contribution >= 0.6 is 0 Å². The second-order valence-electron chi connectivity index (χ2n) is 10.8. The number of carbonyl (C=O) groups is 1. The fourth-order valence-electron chi connectivity index (χ4n) is 6.44. The third-order valence-electron chi connectivity index (χ3n) is 7.32. The molecule has 1 aromatic heterocycles. The highest BCUT2D eigenvalue weighted by Gasteiger charge is 2.51. The summed E-state index contributed by atoms with van der Waals surface area (Å²) in [4.78, 5) is 16.0. The average Bonchev–Trinajstić information content (AvgIpc) is 3.21. The number of benzene rings is 2. The molecule has 1 saturated carbocycles. The van der Waals surface area contributed by atoms with Gasteiger partial charge in [-0.05, 0) is 60.8 Å². The lowest BCUT2D eigenvalue weighted by Gasteiger charge is -2.39.